The van der Waals surface area contributed by atoms with E-state index in [1.54, 1.807) is 0 Å². The lowest BCUT2D eigenvalue weighted by atomic mass is 9.87. The van der Waals surface area contributed by atoms with Crippen molar-refractivity contribution in [1.82, 2.24) is 0 Å². The van der Waals surface area contributed by atoms with Gasteiger partial charge in [-0.1, -0.05) is 84.9 Å². The number of fused-ring (bicyclic) bond motifs is 7. The third kappa shape index (κ3) is 2.21. The van der Waals surface area contributed by atoms with Crippen molar-refractivity contribution in [2.24, 2.45) is 0 Å². The highest BCUT2D eigenvalue weighted by Gasteiger charge is 2.26. The number of nitrogens with zero attached hydrogens (tertiary/aromatic N) is 1. The van der Waals surface area contributed by atoms with Gasteiger partial charge in [0, 0.05) is 35.0 Å². The molecule has 0 aliphatic heterocycles. The summed E-state index contributed by atoms with van der Waals surface area (Å²) in [7, 11) is 0. The molecular formula is C33H20N+. The first kappa shape index (κ1) is 18.0. The van der Waals surface area contributed by atoms with E-state index in [4.69, 9.17) is 0 Å². The molecular weight excluding hydrogens is 410 g/mol. The highest BCUT2D eigenvalue weighted by molar-refractivity contribution is 6.39. The number of benzene rings is 7. The lowest BCUT2D eigenvalue weighted by molar-refractivity contribution is -0.537. The maximum Gasteiger partial charge on any atom is 0.220 e. The lowest BCUT2D eigenvalue weighted by Gasteiger charge is -2.17. The van der Waals surface area contributed by atoms with Gasteiger partial charge in [-0.2, -0.15) is 4.57 Å². The summed E-state index contributed by atoms with van der Waals surface area (Å²) >= 11 is 0. The van der Waals surface area contributed by atoms with Crippen LogP contribution in [0.15, 0.2) is 121 Å². The Bertz CT molecular complexity index is 2020. The van der Waals surface area contributed by atoms with Crippen molar-refractivity contribution in [3.05, 3.63) is 121 Å². The molecule has 7 aromatic carbocycles. The first-order chi connectivity index (χ1) is 16.9. The average molecular weight is 431 g/mol. The molecule has 0 aliphatic carbocycles. The van der Waals surface area contributed by atoms with Crippen molar-refractivity contribution in [3.8, 4) is 5.69 Å². The summed E-state index contributed by atoms with van der Waals surface area (Å²) in [5.74, 6) is 0. The summed E-state index contributed by atoms with van der Waals surface area (Å²) in [6.45, 7) is 0. The number of pyridine rings is 1. The van der Waals surface area contributed by atoms with Crippen LogP contribution < -0.4 is 4.57 Å². The van der Waals surface area contributed by atoms with E-state index in [0.29, 0.717) is 0 Å². The molecule has 156 valence electrons. The van der Waals surface area contributed by atoms with E-state index < -0.39 is 0 Å². The van der Waals surface area contributed by atoms with Gasteiger partial charge in [-0.3, -0.25) is 0 Å². The minimum absolute atomic E-state index is 1.19. The van der Waals surface area contributed by atoms with Gasteiger partial charge in [-0.05, 0) is 44.5 Å². The SMILES string of the molecule is c1ccc(-[n+]2c3ccc4ccccc4c3c3c4ccccc4c4cccc5ccc2c3c54)cc1. The Morgan fingerprint density at radius 2 is 0.912 bits per heavy atom. The van der Waals surface area contributed by atoms with Gasteiger partial charge in [0.05, 0.1) is 10.8 Å². The maximum absolute atomic E-state index is 2.45. The van der Waals surface area contributed by atoms with E-state index in [1.807, 2.05) is 0 Å². The Morgan fingerprint density at radius 1 is 0.324 bits per heavy atom. The predicted octanol–water partition coefficient (Wildman–Crippen LogP) is 8.32. The average Bonchev–Trinajstić information content (AvgIpc) is 2.91. The Kier molecular flexibility index (Phi) is 3.45. The zero-order chi connectivity index (χ0) is 22.2. The molecule has 0 saturated carbocycles. The Hall–Kier alpha value is -4.49. The summed E-state index contributed by atoms with van der Waals surface area (Å²) in [5, 5.41) is 13.2. The molecule has 0 aliphatic rings. The normalized spacial score (nSPS) is 12.1. The van der Waals surface area contributed by atoms with E-state index in [-0.39, 0.29) is 0 Å². The molecule has 34 heavy (non-hydrogen) atoms. The topological polar surface area (TPSA) is 3.88 Å². The van der Waals surface area contributed by atoms with Crippen LogP contribution in [-0.2, 0) is 0 Å². The van der Waals surface area contributed by atoms with Crippen molar-refractivity contribution in [2.45, 2.75) is 0 Å². The summed E-state index contributed by atoms with van der Waals surface area (Å²) in [6.07, 6.45) is 0. The molecule has 8 aromatic rings. The van der Waals surface area contributed by atoms with Gasteiger partial charge in [-0.15, -0.1) is 0 Å². The lowest BCUT2D eigenvalue weighted by Crippen LogP contribution is -2.33. The fraction of sp³-hybridized carbons (Fsp3) is 0. The van der Waals surface area contributed by atoms with Gasteiger partial charge in [0.25, 0.3) is 0 Å². The maximum atomic E-state index is 2.45. The molecule has 0 N–H and O–H groups in total. The number of hydrogen-bond donors (Lipinski definition) is 0. The fourth-order valence-corrected chi connectivity index (χ4v) is 6.06. The smallest absolute Gasteiger partial charge is 0.153 e. The van der Waals surface area contributed by atoms with Crippen molar-refractivity contribution >= 4 is 64.9 Å². The van der Waals surface area contributed by atoms with Gasteiger partial charge in [0.2, 0.25) is 16.7 Å². The minimum Gasteiger partial charge on any atom is -0.153 e. The molecule has 0 radical (unpaired) electrons. The largest absolute Gasteiger partial charge is 0.220 e. The molecule has 0 saturated heterocycles. The fourth-order valence-electron chi connectivity index (χ4n) is 6.06. The van der Waals surface area contributed by atoms with Crippen LogP contribution >= 0.6 is 0 Å². The second kappa shape index (κ2) is 6.52. The van der Waals surface area contributed by atoms with Crippen LogP contribution in [0.4, 0.5) is 0 Å². The molecule has 0 amide bonds. The first-order valence-electron chi connectivity index (χ1n) is 11.8. The second-order valence-corrected chi connectivity index (χ2v) is 9.14. The molecule has 0 bridgehead atoms. The van der Waals surface area contributed by atoms with Gasteiger partial charge in [0.15, 0.2) is 0 Å². The van der Waals surface area contributed by atoms with Gasteiger partial charge >= 0.3 is 0 Å². The van der Waals surface area contributed by atoms with Crippen molar-refractivity contribution in [2.75, 3.05) is 0 Å². The van der Waals surface area contributed by atoms with E-state index in [0.717, 1.165) is 0 Å². The highest BCUT2D eigenvalue weighted by atomic mass is 15.0. The van der Waals surface area contributed by atoms with Crippen LogP contribution in [0.3, 0.4) is 0 Å². The number of rotatable bonds is 1. The number of para-hydroxylation sites is 1. The van der Waals surface area contributed by atoms with E-state index in [2.05, 4.69) is 126 Å². The zero-order valence-corrected chi connectivity index (χ0v) is 18.5. The molecule has 1 nitrogen and oxygen atoms in total. The van der Waals surface area contributed by atoms with Crippen LogP contribution in [0, 0.1) is 0 Å². The van der Waals surface area contributed by atoms with Crippen molar-refractivity contribution in [1.29, 1.82) is 0 Å². The van der Waals surface area contributed by atoms with E-state index in [1.165, 1.54) is 70.6 Å². The molecule has 0 atom stereocenters. The molecule has 0 unspecified atom stereocenters. The number of hydrogen-bond acceptors (Lipinski definition) is 0. The van der Waals surface area contributed by atoms with Crippen LogP contribution in [0.5, 0.6) is 0 Å². The summed E-state index contributed by atoms with van der Waals surface area (Å²) in [6, 6.07) is 44.3. The standard InChI is InChI=1S/C33H20N/c1-2-11-23(12-3-1)34-28-19-17-21-9-4-5-13-24(21)31(28)32-27-15-7-6-14-25(27)26-16-8-10-22-18-20-29(34)33(32)30(22)26/h1-20H/q+1. The Morgan fingerprint density at radius 3 is 1.76 bits per heavy atom. The second-order valence-electron chi connectivity index (χ2n) is 9.14. The van der Waals surface area contributed by atoms with Gasteiger partial charge in [0.1, 0.15) is 0 Å². The Balaban J connectivity index is 1.83. The molecule has 1 aromatic heterocycles. The van der Waals surface area contributed by atoms with Crippen LogP contribution in [0.1, 0.15) is 0 Å². The van der Waals surface area contributed by atoms with Gasteiger partial charge in [-0.25, -0.2) is 0 Å². The summed E-state index contributed by atoms with van der Waals surface area (Å²) < 4.78 is 2.45. The number of aromatic nitrogens is 1. The van der Waals surface area contributed by atoms with Crippen molar-refractivity contribution < 1.29 is 4.57 Å². The molecule has 0 spiro atoms. The monoisotopic (exact) mass is 430 g/mol. The zero-order valence-electron chi connectivity index (χ0n) is 18.5. The molecule has 0 fully saturated rings. The molecule has 1 heteroatoms. The Labute approximate surface area is 196 Å². The van der Waals surface area contributed by atoms with Crippen LogP contribution in [0.25, 0.3) is 70.6 Å². The van der Waals surface area contributed by atoms with E-state index in [9.17, 15) is 0 Å². The minimum atomic E-state index is 1.19. The predicted molar refractivity (Wildman–Crippen MR) is 144 cm³/mol. The van der Waals surface area contributed by atoms with Gasteiger partial charge < -0.3 is 0 Å². The molecule has 1 heterocycles. The van der Waals surface area contributed by atoms with Crippen LogP contribution in [0.2, 0.25) is 0 Å². The first-order valence-corrected chi connectivity index (χ1v) is 11.8. The van der Waals surface area contributed by atoms with Crippen molar-refractivity contribution in [3.63, 3.8) is 0 Å². The third-order valence-electron chi connectivity index (χ3n) is 7.41. The van der Waals surface area contributed by atoms with E-state index >= 15 is 0 Å². The quantitative estimate of drug-likeness (QED) is 0.140. The van der Waals surface area contributed by atoms with Crippen LogP contribution in [-0.4, -0.2) is 0 Å². The summed E-state index contributed by atoms with van der Waals surface area (Å²) in [5.41, 5.74) is 3.67. The summed E-state index contributed by atoms with van der Waals surface area (Å²) in [4.78, 5) is 0. The third-order valence-corrected chi connectivity index (χ3v) is 7.41. The molecule has 8 rings (SSSR count). The highest BCUT2D eigenvalue weighted by Crippen LogP contribution is 2.44.